The van der Waals surface area contributed by atoms with E-state index in [2.05, 4.69) is 39.2 Å². The van der Waals surface area contributed by atoms with Crippen molar-refractivity contribution in [3.05, 3.63) is 33.8 Å². The molecule has 3 heterocycles. The number of thiazole rings is 1. The van der Waals surface area contributed by atoms with Crippen molar-refractivity contribution in [2.24, 2.45) is 0 Å². The SMILES string of the molecule is CCCc1nc(NC(=O)CCc2c(C)nc3ncnn3c2C)sc1CC. The third kappa shape index (κ3) is 3.75. The number of amides is 1. The van der Waals surface area contributed by atoms with Gasteiger partial charge in [-0.05, 0) is 38.7 Å². The molecule has 138 valence electrons. The highest BCUT2D eigenvalue weighted by Gasteiger charge is 2.15. The summed E-state index contributed by atoms with van der Waals surface area (Å²) in [5.74, 6) is 0.563. The number of carbonyl (C=O) groups excluding carboxylic acids is 1. The number of carbonyl (C=O) groups is 1. The Labute approximate surface area is 156 Å². The van der Waals surface area contributed by atoms with E-state index in [1.54, 1.807) is 15.9 Å². The molecule has 1 N–H and O–H groups in total. The minimum Gasteiger partial charge on any atom is -0.302 e. The number of aryl methyl sites for hydroxylation is 4. The van der Waals surface area contributed by atoms with Crippen LogP contribution in [-0.2, 0) is 24.1 Å². The molecule has 0 radical (unpaired) electrons. The molecule has 0 saturated carbocycles. The molecule has 0 saturated heterocycles. The van der Waals surface area contributed by atoms with Gasteiger partial charge in [0, 0.05) is 22.7 Å². The van der Waals surface area contributed by atoms with Gasteiger partial charge < -0.3 is 5.32 Å². The highest BCUT2D eigenvalue weighted by molar-refractivity contribution is 7.15. The molecule has 7 nitrogen and oxygen atoms in total. The van der Waals surface area contributed by atoms with E-state index in [-0.39, 0.29) is 5.91 Å². The van der Waals surface area contributed by atoms with E-state index in [0.29, 0.717) is 23.8 Å². The Kier molecular flexibility index (Phi) is 5.61. The number of aromatic nitrogens is 5. The molecular formula is C18H24N6OS. The van der Waals surface area contributed by atoms with E-state index in [0.717, 1.165) is 41.9 Å². The molecule has 0 bridgehead atoms. The Morgan fingerprint density at radius 2 is 2.04 bits per heavy atom. The third-order valence-electron chi connectivity index (χ3n) is 4.42. The zero-order chi connectivity index (χ0) is 18.7. The molecule has 0 atom stereocenters. The Morgan fingerprint density at radius 3 is 2.77 bits per heavy atom. The second kappa shape index (κ2) is 7.90. The highest BCUT2D eigenvalue weighted by atomic mass is 32.1. The number of nitrogens with zero attached hydrogens (tertiary/aromatic N) is 5. The van der Waals surface area contributed by atoms with Gasteiger partial charge in [-0.15, -0.1) is 11.3 Å². The standard InChI is InChI=1S/C18H24N6OS/c1-5-7-14-15(6-2)26-18(22-14)23-16(25)9-8-13-11(3)21-17-19-10-20-24(17)12(13)4/h10H,5-9H2,1-4H3,(H,22,23,25). The minimum atomic E-state index is -0.0260. The quantitative estimate of drug-likeness (QED) is 0.688. The minimum absolute atomic E-state index is 0.0260. The van der Waals surface area contributed by atoms with Gasteiger partial charge >= 0.3 is 0 Å². The van der Waals surface area contributed by atoms with Crippen molar-refractivity contribution in [3.63, 3.8) is 0 Å². The number of nitrogens with one attached hydrogen (secondary N) is 1. The van der Waals surface area contributed by atoms with E-state index in [4.69, 9.17) is 0 Å². The monoisotopic (exact) mass is 372 g/mol. The summed E-state index contributed by atoms with van der Waals surface area (Å²) >= 11 is 1.58. The van der Waals surface area contributed by atoms with Crippen LogP contribution in [0.1, 0.15) is 54.2 Å². The molecule has 0 aliphatic carbocycles. The maximum atomic E-state index is 12.4. The van der Waals surface area contributed by atoms with Crippen LogP contribution < -0.4 is 5.32 Å². The van der Waals surface area contributed by atoms with Gasteiger partial charge in [-0.3, -0.25) is 4.79 Å². The van der Waals surface area contributed by atoms with Crippen molar-refractivity contribution in [2.45, 2.75) is 59.8 Å². The van der Waals surface area contributed by atoms with Gasteiger partial charge in [0.2, 0.25) is 5.91 Å². The molecule has 3 aromatic heterocycles. The van der Waals surface area contributed by atoms with E-state index in [1.807, 2.05) is 13.8 Å². The van der Waals surface area contributed by atoms with Crippen LogP contribution in [0.3, 0.4) is 0 Å². The van der Waals surface area contributed by atoms with E-state index in [1.165, 1.54) is 11.2 Å². The maximum absolute atomic E-state index is 12.4. The molecule has 3 aromatic rings. The fourth-order valence-electron chi connectivity index (χ4n) is 3.08. The average Bonchev–Trinajstić information content (AvgIpc) is 3.21. The van der Waals surface area contributed by atoms with E-state index < -0.39 is 0 Å². The van der Waals surface area contributed by atoms with Crippen LogP contribution in [0.2, 0.25) is 0 Å². The van der Waals surface area contributed by atoms with Crippen LogP contribution in [0.5, 0.6) is 0 Å². The third-order valence-corrected chi connectivity index (χ3v) is 5.58. The molecule has 26 heavy (non-hydrogen) atoms. The van der Waals surface area contributed by atoms with Gasteiger partial charge in [0.05, 0.1) is 5.69 Å². The smallest absolute Gasteiger partial charge is 0.252 e. The van der Waals surface area contributed by atoms with Crippen LogP contribution in [0.15, 0.2) is 6.33 Å². The van der Waals surface area contributed by atoms with Crippen molar-refractivity contribution in [1.82, 2.24) is 24.6 Å². The molecule has 1 amide bonds. The van der Waals surface area contributed by atoms with Crippen molar-refractivity contribution in [3.8, 4) is 0 Å². The van der Waals surface area contributed by atoms with Crippen molar-refractivity contribution >= 4 is 28.2 Å². The Morgan fingerprint density at radius 1 is 1.23 bits per heavy atom. The van der Waals surface area contributed by atoms with Gasteiger partial charge in [-0.25, -0.2) is 14.5 Å². The second-order valence-electron chi connectivity index (χ2n) is 6.27. The Bertz CT molecular complexity index is 929. The first kappa shape index (κ1) is 18.4. The topological polar surface area (TPSA) is 85.1 Å². The van der Waals surface area contributed by atoms with Crippen LogP contribution in [0.4, 0.5) is 5.13 Å². The summed E-state index contributed by atoms with van der Waals surface area (Å²) in [7, 11) is 0. The van der Waals surface area contributed by atoms with Gasteiger partial charge in [0.1, 0.15) is 6.33 Å². The lowest BCUT2D eigenvalue weighted by atomic mass is 10.1. The predicted octanol–water partition coefficient (Wildman–Crippen LogP) is 3.28. The van der Waals surface area contributed by atoms with Crippen LogP contribution >= 0.6 is 11.3 Å². The van der Waals surface area contributed by atoms with E-state index in [9.17, 15) is 4.79 Å². The first-order chi connectivity index (χ1) is 12.5. The lowest BCUT2D eigenvalue weighted by Gasteiger charge is -2.10. The number of rotatable bonds is 7. The number of hydrogen-bond donors (Lipinski definition) is 1. The summed E-state index contributed by atoms with van der Waals surface area (Å²) in [5, 5.41) is 7.84. The normalized spacial score (nSPS) is 11.2. The summed E-state index contributed by atoms with van der Waals surface area (Å²) in [6, 6.07) is 0. The largest absolute Gasteiger partial charge is 0.302 e. The van der Waals surface area contributed by atoms with Gasteiger partial charge in [0.25, 0.3) is 5.78 Å². The fourth-order valence-corrected chi connectivity index (χ4v) is 4.05. The Hall–Kier alpha value is -2.35. The highest BCUT2D eigenvalue weighted by Crippen LogP contribution is 2.25. The molecule has 0 spiro atoms. The number of anilines is 1. The molecule has 8 heteroatoms. The summed E-state index contributed by atoms with van der Waals surface area (Å²) in [6.45, 7) is 8.19. The molecular weight excluding hydrogens is 348 g/mol. The second-order valence-corrected chi connectivity index (χ2v) is 7.36. The number of fused-ring (bicyclic) bond motifs is 1. The fraction of sp³-hybridized carbons (Fsp3) is 0.500. The van der Waals surface area contributed by atoms with Crippen molar-refractivity contribution in [2.75, 3.05) is 5.32 Å². The molecule has 0 aliphatic rings. The first-order valence-electron chi connectivity index (χ1n) is 8.97. The van der Waals surface area contributed by atoms with Crippen molar-refractivity contribution in [1.29, 1.82) is 0 Å². The zero-order valence-electron chi connectivity index (χ0n) is 15.7. The lowest BCUT2D eigenvalue weighted by Crippen LogP contribution is -2.14. The summed E-state index contributed by atoms with van der Waals surface area (Å²) < 4.78 is 1.71. The first-order valence-corrected chi connectivity index (χ1v) is 9.79. The zero-order valence-corrected chi connectivity index (χ0v) is 16.5. The van der Waals surface area contributed by atoms with Crippen LogP contribution in [-0.4, -0.2) is 30.5 Å². The van der Waals surface area contributed by atoms with Gasteiger partial charge in [0.15, 0.2) is 5.13 Å². The van der Waals surface area contributed by atoms with Gasteiger partial charge in [-0.1, -0.05) is 20.3 Å². The summed E-state index contributed by atoms with van der Waals surface area (Å²) in [5.41, 5.74) is 4.02. The van der Waals surface area contributed by atoms with E-state index >= 15 is 0 Å². The van der Waals surface area contributed by atoms with Gasteiger partial charge in [-0.2, -0.15) is 10.1 Å². The Balaban J connectivity index is 1.68. The lowest BCUT2D eigenvalue weighted by molar-refractivity contribution is -0.116. The van der Waals surface area contributed by atoms with Crippen LogP contribution in [0.25, 0.3) is 5.78 Å². The molecule has 3 rings (SSSR count). The van der Waals surface area contributed by atoms with Crippen molar-refractivity contribution < 1.29 is 4.79 Å². The molecule has 0 fully saturated rings. The summed E-state index contributed by atoms with van der Waals surface area (Å²) in [6.07, 6.45) is 5.45. The molecule has 0 unspecified atom stereocenters. The maximum Gasteiger partial charge on any atom is 0.252 e. The molecule has 0 aromatic carbocycles. The average molecular weight is 372 g/mol. The van der Waals surface area contributed by atoms with Crippen LogP contribution in [0, 0.1) is 13.8 Å². The molecule has 0 aliphatic heterocycles. The summed E-state index contributed by atoms with van der Waals surface area (Å²) in [4.78, 5) is 26.8. The number of hydrogen-bond acceptors (Lipinski definition) is 6. The predicted molar refractivity (Wildman–Crippen MR) is 103 cm³/mol.